The van der Waals surface area contributed by atoms with E-state index in [4.69, 9.17) is 9.47 Å². The number of ether oxygens (including phenoxy) is 2. The highest BCUT2D eigenvalue weighted by molar-refractivity contribution is 5.80. The maximum absolute atomic E-state index is 11.5. The normalized spacial score (nSPS) is 26.9. The average Bonchev–Trinajstić information content (AvgIpc) is 2.23. The van der Waals surface area contributed by atoms with Crippen LogP contribution in [0.15, 0.2) is 0 Å². The average molecular weight is 242 g/mol. The minimum Gasteiger partial charge on any atom is -0.353 e. The molecule has 2 atom stereocenters. The molecule has 0 aliphatic heterocycles. The first-order valence-corrected chi connectivity index (χ1v) is 6.67. The Hall–Kier alpha value is -0.410. The monoisotopic (exact) mass is 242 g/mol. The molecule has 1 aliphatic rings. The van der Waals surface area contributed by atoms with Crippen molar-refractivity contribution in [1.82, 2.24) is 0 Å². The summed E-state index contributed by atoms with van der Waals surface area (Å²) < 4.78 is 11.1. The standard InChI is InChI=1S/C14H26O3/c1-6-16-13(17-7-2)9-11-8-12(10(3)15)14(11,4)5/h11-13H,6-9H2,1-5H3. The summed E-state index contributed by atoms with van der Waals surface area (Å²) in [6.45, 7) is 11.4. The number of Topliss-reactive ketones (excluding diaryl/α,β-unsaturated/α-hetero) is 1. The van der Waals surface area contributed by atoms with Gasteiger partial charge in [-0.25, -0.2) is 0 Å². The SMILES string of the molecule is CCOC(CC1CC(C(C)=O)C1(C)C)OCC. The van der Waals surface area contributed by atoms with Crippen molar-refractivity contribution < 1.29 is 14.3 Å². The van der Waals surface area contributed by atoms with E-state index < -0.39 is 0 Å². The zero-order chi connectivity index (χ0) is 13.1. The first-order valence-electron chi connectivity index (χ1n) is 6.67. The summed E-state index contributed by atoms with van der Waals surface area (Å²) in [5, 5.41) is 0. The summed E-state index contributed by atoms with van der Waals surface area (Å²) in [7, 11) is 0. The summed E-state index contributed by atoms with van der Waals surface area (Å²) in [6.07, 6.45) is 1.78. The van der Waals surface area contributed by atoms with Crippen LogP contribution in [0.25, 0.3) is 0 Å². The van der Waals surface area contributed by atoms with Gasteiger partial charge in [-0.1, -0.05) is 13.8 Å². The van der Waals surface area contributed by atoms with Crippen molar-refractivity contribution in [2.75, 3.05) is 13.2 Å². The van der Waals surface area contributed by atoms with Gasteiger partial charge >= 0.3 is 0 Å². The van der Waals surface area contributed by atoms with Crippen LogP contribution in [-0.4, -0.2) is 25.3 Å². The highest BCUT2D eigenvalue weighted by Crippen LogP contribution is 2.53. The minimum atomic E-state index is -0.109. The molecule has 0 aromatic rings. The summed E-state index contributed by atoms with van der Waals surface area (Å²) in [5.74, 6) is 1.06. The van der Waals surface area contributed by atoms with E-state index >= 15 is 0 Å². The first-order chi connectivity index (χ1) is 7.93. The molecule has 100 valence electrons. The molecule has 0 saturated heterocycles. The highest BCUT2D eigenvalue weighted by atomic mass is 16.7. The quantitative estimate of drug-likeness (QED) is 0.644. The van der Waals surface area contributed by atoms with Gasteiger partial charge in [0.05, 0.1) is 0 Å². The van der Waals surface area contributed by atoms with Gasteiger partial charge in [-0.2, -0.15) is 0 Å². The molecule has 0 radical (unpaired) electrons. The van der Waals surface area contributed by atoms with Crippen LogP contribution in [0.4, 0.5) is 0 Å². The number of hydrogen-bond acceptors (Lipinski definition) is 3. The molecule has 0 spiro atoms. The van der Waals surface area contributed by atoms with Gasteiger partial charge in [-0.3, -0.25) is 4.79 Å². The fourth-order valence-electron chi connectivity index (χ4n) is 2.89. The van der Waals surface area contributed by atoms with E-state index in [0.717, 1.165) is 12.8 Å². The van der Waals surface area contributed by atoms with E-state index in [1.54, 1.807) is 6.92 Å². The predicted molar refractivity (Wildman–Crippen MR) is 67.7 cm³/mol. The van der Waals surface area contributed by atoms with E-state index in [-0.39, 0.29) is 17.6 Å². The maximum Gasteiger partial charge on any atom is 0.157 e. The smallest absolute Gasteiger partial charge is 0.157 e. The van der Waals surface area contributed by atoms with Gasteiger partial charge in [0.1, 0.15) is 5.78 Å². The molecule has 3 nitrogen and oxygen atoms in total. The molecule has 0 aromatic carbocycles. The van der Waals surface area contributed by atoms with Crippen molar-refractivity contribution in [3.8, 4) is 0 Å². The molecule has 1 rings (SSSR count). The first kappa shape index (κ1) is 14.7. The lowest BCUT2D eigenvalue weighted by atomic mass is 9.52. The van der Waals surface area contributed by atoms with Crippen molar-refractivity contribution in [2.45, 2.75) is 53.8 Å². The Morgan fingerprint density at radius 1 is 1.29 bits per heavy atom. The van der Waals surface area contributed by atoms with Crippen LogP contribution in [0, 0.1) is 17.3 Å². The van der Waals surface area contributed by atoms with Crippen molar-refractivity contribution >= 4 is 5.78 Å². The second kappa shape index (κ2) is 5.96. The lowest BCUT2D eigenvalue weighted by molar-refractivity contribution is -0.173. The zero-order valence-electron chi connectivity index (χ0n) is 11.8. The summed E-state index contributed by atoms with van der Waals surface area (Å²) in [6, 6.07) is 0. The molecular formula is C14H26O3. The van der Waals surface area contributed by atoms with Crippen LogP contribution in [0.3, 0.4) is 0 Å². The second-order valence-electron chi connectivity index (χ2n) is 5.49. The largest absolute Gasteiger partial charge is 0.353 e. The molecule has 1 aliphatic carbocycles. The van der Waals surface area contributed by atoms with Crippen LogP contribution in [0.5, 0.6) is 0 Å². The number of carbonyl (C=O) groups is 1. The Balaban J connectivity index is 2.50. The van der Waals surface area contributed by atoms with Gasteiger partial charge in [-0.05, 0) is 38.5 Å². The third-order valence-electron chi connectivity index (χ3n) is 4.14. The molecule has 0 aromatic heterocycles. The Morgan fingerprint density at radius 3 is 2.18 bits per heavy atom. The molecule has 0 heterocycles. The summed E-state index contributed by atoms with van der Waals surface area (Å²) >= 11 is 0. The number of rotatable bonds is 7. The lowest BCUT2D eigenvalue weighted by Gasteiger charge is -2.52. The Bertz CT molecular complexity index is 254. The van der Waals surface area contributed by atoms with Crippen LogP contribution >= 0.6 is 0 Å². The lowest BCUT2D eigenvalue weighted by Crippen LogP contribution is -2.49. The van der Waals surface area contributed by atoms with E-state index in [0.29, 0.717) is 24.9 Å². The molecule has 3 heteroatoms. The molecule has 0 amide bonds. The minimum absolute atomic E-state index is 0.0955. The fourth-order valence-corrected chi connectivity index (χ4v) is 2.89. The van der Waals surface area contributed by atoms with Crippen molar-refractivity contribution in [2.24, 2.45) is 17.3 Å². The Kier molecular flexibility index (Phi) is 5.14. The van der Waals surface area contributed by atoms with Crippen LogP contribution < -0.4 is 0 Å². The molecule has 1 saturated carbocycles. The molecule has 0 bridgehead atoms. The van der Waals surface area contributed by atoms with Gasteiger partial charge < -0.3 is 9.47 Å². The molecule has 2 unspecified atom stereocenters. The van der Waals surface area contributed by atoms with E-state index in [2.05, 4.69) is 13.8 Å². The Morgan fingerprint density at radius 2 is 1.82 bits per heavy atom. The second-order valence-corrected chi connectivity index (χ2v) is 5.49. The van der Waals surface area contributed by atoms with Gasteiger partial charge in [-0.15, -0.1) is 0 Å². The van der Waals surface area contributed by atoms with E-state index in [1.807, 2.05) is 13.8 Å². The van der Waals surface area contributed by atoms with Crippen molar-refractivity contribution in [3.63, 3.8) is 0 Å². The van der Waals surface area contributed by atoms with Crippen LogP contribution in [-0.2, 0) is 14.3 Å². The molecule has 0 N–H and O–H groups in total. The van der Waals surface area contributed by atoms with E-state index in [1.165, 1.54) is 0 Å². The van der Waals surface area contributed by atoms with Gasteiger partial charge in [0.2, 0.25) is 0 Å². The Labute approximate surface area is 105 Å². The maximum atomic E-state index is 11.5. The molecule has 1 fully saturated rings. The third-order valence-corrected chi connectivity index (χ3v) is 4.14. The topological polar surface area (TPSA) is 35.5 Å². The summed E-state index contributed by atoms with van der Waals surface area (Å²) in [5.41, 5.74) is 0.0955. The number of carbonyl (C=O) groups excluding carboxylic acids is 1. The van der Waals surface area contributed by atoms with Crippen molar-refractivity contribution in [1.29, 1.82) is 0 Å². The summed E-state index contributed by atoms with van der Waals surface area (Å²) in [4.78, 5) is 11.5. The van der Waals surface area contributed by atoms with Gasteiger partial charge in [0.25, 0.3) is 0 Å². The van der Waals surface area contributed by atoms with Gasteiger partial charge in [0, 0.05) is 25.6 Å². The zero-order valence-corrected chi connectivity index (χ0v) is 11.8. The predicted octanol–water partition coefficient (Wildman–Crippen LogP) is 3.03. The van der Waals surface area contributed by atoms with Gasteiger partial charge in [0.15, 0.2) is 6.29 Å². The van der Waals surface area contributed by atoms with E-state index in [9.17, 15) is 4.79 Å². The van der Waals surface area contributed by atoms with Crippen LogP contribution in [0.2, 0.25) is 0 Å². The highest BCUT2D eigenvalue weighted by Gasteiger charge is 2.50. The number of ketones is 1. The molecular weight excluding hydrogens is 216 g/mol. The van der Waals surface area contributed by atoms with Crippen molar-refractivity contribution in [3.05, 3.63) is 0 Å². The third kappa shape index (κ3) is 3.29. The number of hydrogen-bond donors (Lipinski definition) is 0. The van der Waals surface area contributed by atoms with Crippen LogP contribution in [0.1, 0.15) is 47.5 Å². The fraction of sp³-hybridized carbons (Fsp3) is 0.929. The molecule has 17 heavy (non-hydrogen) atoms.